The van der Waals surface area contributed by atoms with Gasteiger partial charge in [0.05, 0.1) is 6.10 Å². The second-order valence-corrected chi connectivity index (χ2v) is 9.63. The van der Waals surface area contributed by atoms with Gasteiger partial charge in [0.15, 0.2) is 0 Å². The highest BCUT2D eigenvalue weighted by Gasteiger charge is 2.31. The maximum atomic E-state index is 13.4. The summed E-state index contributed by atoms with van der Waals surface area (Å²) >= 11 is 0. The molecule has 0 aromatic heterocycles. The molecule has 0 saturated carbocycles. The lowest BCUT2D eigenvalue weighted by atomic mass is 10.0. The highest BCUT2D eigenvalue weighted by molar-refractivity contribution is 5.94. The third kappa shape index (κ3) is 10.6. The number of rotatable bonds is 16. The third-order valence-electron chi connectivity index (χ3n) is 6.31. The zero-order valence-electron chi connectivity index (χ0n) is 22.5. The molecule has 12 nitrogen and oxygen atoms in total. The van der Waals surface area contributed by atoms with Crippen LogP contribution in [0.1, 0.15) is 37.3 Å². The fraction of sp³-hybridized carbons (Fsp3) is 0.429. The van der Waals surface area contributed by atoms with Crippen LogP contribution in [0.25, 0.3) is 0 Å². The Morgan fingerprint density at radius 1 is 0.775 bits per heavy atom. The minimum absolute atomic E-state index is 0.0221. The van der Waals surface area contributed by atoms with Crippen LogP contribution in [0, 0.1) is 0 Å². The van der Waals surface area contributed by atoms with E-state index >= 15 is 0 Å². The third-order valence-corrected chi connectivity index (χ3v) is 6.31. The van der Waals surface area contributed by atoms with Gasteiger partial charge in [0, 0.05) is 12.8 Å². The van der Waals surface area contributed by atoms with Crippen molar-refractivity contribution in [3.8, 4) is 5.75 Å². The number of phenolic OH excluding ortho intramolecular Hbond substituents is 1. The first-order chi connectivity index (χ1) is 19.0. The van der Waals surface area contributed by atoms with E-state index in [1.165, 1.54) is 19.1 Å². The number of hydrogen-bond acceptors (Lipinski definition) is 8. The van der Waals surface area contributed by atoms with Crippen molar-refractivity contribution < 1.29 is 34.5 Å². The first kappa shape index (κ1) is 32.2. The van der Waals surface area contributed by atoms with E-state index in [1.54, 1.807) is 42.5 Å². The van der Waals surface area contributed by atoms with E-state index in [0.29, 0.717) is 24.9 Å². The summed E-state index contributed by atoms with van der Waals surface area (Å²) in [4.78, 5) is 51.1. The number of carbonyl (C=O) groups excluding carboxylic acids is 3. The number of nitrogens with two attached hydrogens (primary N) is 2. The predicted molar refractivity (Wildman–Crippen MR) is 148 cm³/mol. The van der Waals surface area contributed by atoms with Gasteiger partial charge in [-0.25, -0.2) is 4.79 Å². The monoisotopic (exact) mass is 557 g/mol. The van der Waals surface area contributed by atoms with E-state index < -0.39 is 54.0 Å². The van der Waals surface area contributed by atoms with Crippen molar-refractivity contribution in [2.45, 2.75) is 69.3 Å². The van der Waals surface area contributed by atoms with Gasteiger partial charge in [0.1, 0.15) is 29.9 Å². The number of aliphatic hydroxyl groups is 1. The van der Waals surface area contributed by atoms with Gasteiger partial charge >= 0.3 is 5.97 Å². The SMILES string of the molecule is CC(O)C(N)C(=O)NC(Cc1ccccc1)C(=O)NC(CCCCN)C(=O)NC(Cc1ccc(O)cc1)C(=O)O. The van der Waals surface area contributed by atoms with Crippen LogP contribution in [-0.4, -0.2) is 75.8 Å². The molecule has 10 N–H and O–H groups in total. The molecule has 40 heavy (non-hydrogen) atoms. The molecule has 0 aliphatic carbocycles. The van der Waals surface area contributed by atoms with Crippen LogP contribution >= 0.6 is 0 Å². The van der Waals surface area contributed by atoms with Crippen LogP contribution < -0.4 is 27.4 Å². The maximum Gasteiger partial charge on any atom is 0.326 e. The number of aliphatic hydroxyl groups excluding tert-OH is 1. The number of aliphatic carboxylic acids is 1. The van der Waals surface area contributed by atoms with E-state index in [2.05, 4.69) is 16.0 Å². The van der Waals surface area contributed by atoms with E-state index in [9.17, 15) is 34.5 Å². The van der Waals surface area contributed by atoms with Gasteiger partial charge in [-0.05, 0) is 56.0 Å². The molecule has 12 heteroatoms. The Morgan fingerprint density at radius 3 is 1.88 bits per heavy atom. The van der Waals surface area contributed by atoms with Crippen molar-refractivity contribution in [1.82, 2.24) is 16.0 Å². The van der Waals surface area contributed by atoms with Gasteiger partial charge in [0.25, 0.3) is 0 Å². The van der Waals surface area contributed by atoms with E-state index in [4.69, 9.17) is 11.5 Å². The second kappa shape index (κ2) is 16.2. The first-order valence-electron chi connectivity index (χ1n) is 13.1. The minimum atomic E-state index is -1.30. The lowest BCUT2D eigenvalue weighted by Gasteiger charge is -2.26. The molecule has 2 aromatic carbocycles. The number of carboxylic acid groups (broad SMARTS) is 1. The number of hydrogen-bond donors (Lipinski definition) is 8. The van der Waals surface area contributed by atoms with Crippen LogP contribution in [0.4, 0.5) is 0 Å². The number of nitrogens with one attached hydrogen (secondary N) is 3. The molecule has 218 valence electrons. The van der Waals surface area contributed by atoms with Crippen LogP contribution in [0.2, 0.25) is 0 Å². The fourth-order valence-corrected chi connectivity index (χ4v) is 3.92. The molecule has 5 unspecified atom stereocenters. The largest absolute Gasteiger partial charge is 0.508 e. The van der Waals surface area contributed by atoms with Crippen LogP contribution in [0.15, 0.2) is 54.6 Å². The number of aromatic hydroxyl groups is 1. The maximum absolute atomic E-state index is 13.4. The molecule has 0 aliphatic heterocycles. The summed E-state index contributed by atoms with van der Waals surface area (Å²) in [6.45, 7) is 1.72. The highest BCUT2D eigenvalue weighted by Crippen LogP contribution is 2.12. The molecule has 0 spiro atoms. The van der Waals surface area contributed by atoms with Crippen molar-refractivity contribution >= 4 is 23.7 Å². The molecular weight excluding hydrogens is 518 g/mol. The molecule has 0 radical (unpaired) electrons. The number of amides is 3. The molecule has 0 heterocycles. The van der Waals surface area contributed by atoms with Crippen molar-refractivity contribution in [2.75, 3.05) is 6.54 Å². The molecule has 5 atom stereocenters. The van der Waals surface area contributed by atoms with Gasteiger partial charge in [-0.1, -0.05) is 42.5 Å². The Labute approximate surface area is 233 Å². The average Bonchev–Trinajstić information content (AvgIpc) is 2.92. The van der Waals surface area contributed by atoms with Crippen molar-refractivity contribution in [1.29, 1.82) is 0 Å². The Hall–Kier alpha value is -4.00. The Balaban J connectivity index is 2.22. The number of phenols is 1. The van der Waals surface area contributed by atoms with Gasteiger partial charge in [0.2, 0.25) is 17.7 Å². The van der Waals surface area contributed by atoms with Crippen LogP contribution in [-0.2, 0) is 32.0 Å². The zero-order valence-corrected chi connectivity index (χ0v) is 22.5. The van der Waals surface area contributed by atoms with Crippen molar-refractivity contribution in [2.24, 2.45) is 11.5 Å². The number of benzene rings is 2. The summed E-state index contributed by atoms with van der Waals surface area (Å²) in [5.41, 5.74) is 12.6. The number of unbranched alkanes of at least 4 members (excludes halogenated alkanes) is 1. The van der Waals surface area contributed by atoms with Crippen LogP contribution in [0.3, 0.4) is 0 Å². The average molecular weight is 558 g/mol. The number of carbonyl (C=O) groups is 4. The normalized spacial score (nSPS) is 14.7. The molecule has 0 aliphatic rings. The summed E-state index contributed by atoms with van der Waals surface area (Å²) < 4.78 is 0. The molecule has 0 saturated heterocycles. The van der Waals surface area contributed by atoms with Crippen molar-refractivity contribution in [3.05, 3.63) is 65.7 Å². The lowest BCUT2D eigenvalue weighted by Crippen LogP contribution is -2.58. The van der Waals surface area contributed by atoms with E-state index in [0.717, 1.165) is 5.56 Å². The summed E-state index contributed by atoms with van der Waals surface area (Å²) in [6, 6.07) is 10.0. The number of carboxylic acids is 1. The summed E-state index contributed by atoms with van der Waals surface area (Å²) in [5, 5.41) is 36.6. The van der Waals surface area contributed by atoms with Gasteiger partial charge in [-0.15, -0.1) is 0 Å². The lowest BCUT2D eigenvalue weighted by molar-refractivity contribution is -0.142. The van der Waals surface area contributed by atoms with Crippen LogP contribution in [0.5, 0.6) is 5.75 Å². The molecule has 2 aromatic rings. The zero-order chi connectivity index (χ0) is 29.7. The quantitative estimate of drug-likeness (QED) is 0.125. The summed E-state index contributed by atoms with van der Waals surface area (Å²) in [6.07, 6.45) is 0.113. The van der Waals surface area contributed by atoms with Gasteiger partial charge < -0.3 is 42.7 Å². The standard InChI is InChI=1S/C28H39N5O7/c1-17(34)24(30)27(38)32-22(15-18-7-3-2-4-8-18)26(37)31-21(9-5-6-14-29)25(36)33-23(28(39)40)16-19-10-12-20(35)13-11-19/h2-4,7-8,10-13,17,21-24,34-35H,5-6,9,14-16,29-30H2,1H3,(H,31,37)(H,32,38)(H,33,36)(H,39,40). The Morgan fingerprint density at radius 2 is 1.30 bits per heavy atom. The van der Waals surface area contributed by atoms with E-state index in [-0.39, 0.29) is 25.0 Å². The molecule has 0 bridgehead atoms. The fourth-order valence-electron chi connectivity index (χ4n) is 3.92. The summed E-state index contributed by atoms with van der Waals surface area (Å²) in [5.74, 6) is -3.37. The Kier molecular flexibility index (Phi) is 13.0. The van der Waals surface area contributed by atoms with Gasteiger partial charge in [-0.3, -0.25) is 14.4 Å². The molecule has 0 fully saturated rings. The molecule has 2 rings (SSSR count). The van der Waals surface area contributed by atoms with Gasteiger partial charge in [-0.2, -0.15) is 0 Å². The van der Waals surface area contributed by atoms with E-state index in [1.807, 2.05) is 0 Å². The first-order valence-corrected chi connectivity index (χ1v) is 13.1. The predicted octanol–water partition coefficient (Wildman–Crippen LogP) is -0.446. The smallest absolute Gasteiger partial charge is 0.326 e. The highest BCUT2D eigenvalue weighted by atomic mass is 16.4. The topological polar surface area (TPSA) is 217 Å². The minimum Gasteiger partial charge on any atom is -0.508 e. The molecular formula is C28H39N5O7. The molecule has 3 amide bonds. The summed E-state index contributed by atoms with van der Waals surface area (Å²) in [7, 11) is 0. The second-order valence-electron chi connectivity index (χ2n) is 9.63. The van der Waals surface area contributed by atoms with Crippen molar-refractivity contribution in [3.63, 3.8) is 0 Å². The Bertz CT molecular complexity index is 1110.